The molecule has 1 spiro atoms. The maximum absolute atomic E-state index is 6.29. The zero-order valence-electron chi connectivity index (χ0n) is 15.8. The van der Waals surface area contributed by atoms with Crippen LogP contribution in [0.4, 0.5) is 5.82 Å². The van der Waals surface area contributed by atoms with Gasteiger partial charge in [-0.15, -0.1) is 5.10 Å². The van der Waals surface area contributed by atoms with Crippen molar-refractivity contribution in [3.63, 3.8) is 0 Å². The van der Waals surface area contributed by atoms with Crippen molar-refractivity contribution < 1.29 is 9.47 Å². The third kappa shape index (κ3) is 4.80. The lowest BCUT2D eigenvalue weighted by Gasteiger charge is -2.31. The molecule has 7 heteroatoms. The molecule has 0 aromatic carbocycles. The SMILES string of the molecule is Cc1ccc(NCC2COC3(COCCN(Cc4ccncc4)C3)C2)nn1. The van der Waals surface area contributed by atoms with Gasteiger partial charge < -0.3 is 14.8 Å². The standard InChI is InChI=1S/C20H27N5O2/c1-16-2-3-19(24-23-16)22-11-18-10-20(27-13-18)14-25(8-9-26-15-20)12-17-4-6-21-7-5-17/h2-7,18H,8-15H2,1H3,(H,22,24). The average Bonchev–Trinajstić information content (AvgIpc) is 2.97. The van der Waals surface area contributed by atoms with Crippen molar-refractivity contribution in [2.75, 3.05) is 44.8 Å². The van der Waals surface area contributed by atoms with Gasteiger partial charge in [-0.3, -0.25) is 9.88 Å². The molecule has 4 heterocycles. The van der Waals surface area contributed by atoms with Crippen molar-refractivity contribution in [3.8, 4) is 0 Å². The third-order valence-electron chi connectivity index (χ3n) is 5.24. The van der Waals surface area contributed by atoms with Gasteiger partial charge in [-0.25, -0.2) is 0 Å². The first-order chi connectivity index (χ1) is 13.2. The Hall–Kier alpha value is -2.09. The van der Waals surface area contributed by atoms with Crippen LogP contribution in [0.2, 0.25) is 0 Å². The number of rotatable bonds is 5. The van der Waals surface area contributed by atoms with Gasteiger partial charge in [0.25, 0.3) is 0 Å². The van der Waals surface area contributed by atoms with Crippen molar-refractivity contribution in [1.29, 1.82) is 0 Å². The summed E-state index contributed by atoms with van der Waals surface area (Å²) in [6, 6.07) is 8.09. The van der Waals surface area contributed by atoms with Crippen LogP contribution in [-0.2, 0) is 16.0 Å². The summed E-state index contributed by atoms with van der Waals surface area (Å²) in [4.78, 5) is 6.54. The fraction of sp³-hybridized carbons (Fsp3) is 0.550. The fourth-order valence-electron chi connectivity index (χ4n) is 3.89. The van der Waals surface area contributed by atoms with Crippen LogP contribution in [-0.4, -0.2) is 65.1 Å². The van der Waals surface area contributed by atoms with Crippen LogP contribution in [0, 0.1) is 12.8 Å². The average molecular weight is 369 g/mol. The van der Waals surface area contributed by atoms with Crippen molar-refractivity contribution in [3.05, 3.63) is 47.9 Å². The van der Waals surface area contributed by atoms with E-state index in [2.05, 4.69) is 37.5 Å². The normalized spacial score (nSPS) is 26.2. The van der Waals surface area contributed by atoms with Gasteiger partial charge in [0.2, 0.25) is 0 Å². The molecular weight excluding hydrogens is 342 g/mol. The fourth-order valence-corrected chi connectivity index (χ4v) is 3.89. The van der Waals surface area contributed by atoms with E-state index in [1.165, 1.54) is 5.56 Å². The highest BCUT2D eigenvalue weighted by molar-refractivity contribution is 5.32. The lowest BCUT2D eigenvalue weighted by molar-refractivity contribution is -0.0562. The highest BCUT2D eigenvalue weighted by Gasteiger charge is 2.43. The summed E-state index contributed by atoms with van der Waals surface area (Å²) in [5.74, 6) is 1.26. The van der Waals surface area contributed by atoms with Crippen LogP contribution < -0.4 is 5.32 Å². The monoisotopic (exact) mass is 369 g/mol. The minimum Gasteiger partial charge on any atom is -0.377 e. The van der Waals surface area contributed by atoms with E-state index in [4.69, 9.17) is 9.47 Å². The molecule has 0 aliphatic carbocycles. The van der Waals surface area contributed by atoms with E-state index < -0.39 is 0 Å². The number of hydrogen-bond acceptors (Lipinski definition) is 7. The van der Waals surface area contributed by atoms with Crippen LogP contribution in [0.3, 0.4) is 0 Å². The first kappa shape index (κ1) is 18.3. The molecule has 4 rings (SSSR count). The molecule has 2 unspecified atom stereocenters. The predicted molar refractivity (Wildman–Crippen MR) is 102 cm³/mol. The maximum atomic E-state index is 6.29. The molecular formula is C20H27N5O2. The van der Waals surface area contributed by atoms with E-state index in [-0.39, 0.29) is 5.60 Å². The first-order valence-corrected chi connectivity index (χ1v) is 9.58. The highest BCUT2D eigenvalue weighted by atomic mass is 16.5. The van der Waals surface area contributed by atoms with Crippen LogP contribution in [0.15, 0.2) is 36.7 Å². The Labute approximate surface area is 160 Å². The molecule has 27 heavy (non-hydrogen) atoms. The largest absolute Gasteiger partial charge is 0.377 e. The molecule has 2 aliphatic rings. The minimum atomic E-state index is -0.213. The van der Waals surface area contributed by atoms with Crippen molar-refractivity contribution in [1.82, 2.24) is 20.1 Å². The Kier molecular flexibility index (Phi) is 5.61. The van der Waals surface area contributed by atoms with Gasteiger partial charge in [0.1, 0.15) is 11.4 Å². The lowest BCUT2D eigenvalue weighted by atomic mass is 9.94. The Morgan fingerprint density at radius 3 is 2.93 bits per heavy atom. The quantitative estimate of drug-likeness (QED) is 0.863. The molecule has 0 bridgehead atoms. The Morgan fingerprint density at radius 2 is 2.11 bits per heavy atom. The summed E-state index contributed by atoms with van der Waals surface area (Å²) < 4.78 is 12.2. The number of aromatic nitrogens is 3. The van der Waals surface area contributed by atoms with Crippen LogP contribution >= 0.6 is 0 Å². The highest BCUT2D eigenvalue weighted by Crippen LogP contribution is 2.33. The van der Waals surface area contributed by atoms with Gasteiger partial charge in [0, 0.05) is 44.5 Å². The zero-order valence-corrected chi connectivity index (χ0v) is 15.8. The molecule has 0 saturated carbocycles. The summed E-state index contributed by atoms with van der Waals surface area (Å²) in [7, 11) is 0. The van der Waals surface area contributed by atoms with E-state index in [1.807, 2.05) is 31.5 Å². The van der Waals surface area contributed by atoms with Crippen molar-refractivity contribution >= 4 is 5.82 Å². The van der Waals surface area contributed by atoms with E-state index in [1.54, 1.807) is 0 Å². The van der Waals surface area contributed by atoms with Crippen molar-refractivity contribution in [2.45, 2.75) is 25.5 Å². The molecule has 0 amide bonds. The van der Waals surface area contributed by atoms with E-state index in [9.17, 15) is 0 Å². The number of ether oxygens (including phenoxy) is 2. The summed E-state index contributed by atoms with van der Waals surface area (Å²) in [5.41, 5.74) is 1.99. The summed E-state index contributed by atoms with van der Waals surface area (Å²) in [6.07, 6.45) is 4.69. The number of nitrogens with one attached hydrogen (secondary N) is 1. The maximum Gasteiger partial charge on any atom is 0.148 e. The number of hydrogen-bond donors (Lipinski definition) is 1. The molecule has 0 radical (unpaired) electrons. The molecule has 2 aliphatic heterocycles. The van der Waals surface area contributed by atoms with Gasteiger partial charge in [-0.2, -0.15) is 5.10 Å². The summed E-state index contributed by atoms with van der Waals surface area (Å²) in [5, 5.41) is 11.7. The Balaban J connectivity index is 1.34. The lowest BCUT2D eigenvalue weighted by Crippen LogP contribution is -2.43. The van der Waals surface area contributed by atoms with Crippen molar-refractivity contribution in [2.24, 2.45) is 5.92 Å². The summed E-state index contributed by atoms with van der Waals surface area (Å²) in [6.45, 7) is 7.67. The minimum absolute atomic E-state index is 0.213. The topological polar surface area (TPSA) is 72.4 Å². The van der Waals surface area contributed by atoms with Gasteiger partial charge in [-0.05, 0) is 43.2 Å². The molecule has 1 N–H and O–H groups in total. The van der Waals surface area contributed by atoms with E-state index in [0.717, 1.165) is 57.3 Å². The zero-order chi connectivity index (χ0) is 18.5. The molecule has 2 fully saturated rings. The molecule has 7 nitrogen and oxygen atoms in total. The van der Waals surface area contributed by atoms with Gasteiger partial charge in [0.15, 0.2) is 0 Å². The second-order valence-corrected chi connectivity index (χ2v) is 7.62. The van der Waals surface area contributed by atoms with Crippen LogP contribution in [0.1, 0.15) is 17.7 Å². The van der Waals surface area contributed by atoms with Gasteiger partial charge in [-0.1, -0.05) is 0 Å². The Bertz CT molecular complexity index is 727. The van der Waals surface area contributed by atoms with Crippen LogP contribution in [0.5, 0.6) is 0 Å². The third-order valence-corrected chi connectivity index (χ3v) is 5.24. The second-order valence-electron chi connectivity index (χ2n) is 7.62. The summed E-state index contributed by atoms with van der Waals surface area (Å²) >= 11 is 0. The predicted octanol–water partition coefficient (Wildman–Crippen LogP) is 1.90. The smallest absolute Gasteiger partial charge is 0.148 e. The molecule has 2 aromatic rings. The molecule has 2 aromatic heterocycles. The van der Waals surface area contributed by atoms with E-state index >= 15 is 0 Å². The second kappa shape index (κ2) is 8.29. The number of aryl methyl sites for hydroxylation is 1. The molecule has 2 saturated heterocycles. The van der Waals surface area contributed by atoms with Crippen LogP contribution in [0.25, 0.3) is 0 Å². The van der Waals surface area contributed by atoms with Gasteiger partial charge >= 0.3 is 0 Å². The molecule has 2 atom stereocenters. The Morgan fingerprint density at radius 1 is 1.22 bits per heavy atom. The number of pyridine rings is 1. The number of anilines is 1. The molecule has 144 valence electrons. The number of nitrogens with zero attached hydrogens (tertiary/aromatic N) is 4. The first-order valence-electron chi connectivity index (χ1n) is 9.58. The van der Waals surface area contributed by atoms with Gasteiger partial charge in [0.05, 0.1) is 25.5 Å². The van der Waals surface area contributed by atoms with E-state index in [0.29, 0.717) is 12.5 Å².